The second-order valence-electron chi connectivity index (χ2n) is 7.17. The van der Waals surface area contributed by atoms with Gasteiger partial charge in [0.2, 0.25) is 5.91 Å². The number of nitrogens with zero attached hydrogens (tertiary/aromatic N) is 2. The van der Waals surface area contributed by atoms with Gasteiger partial charge in [-0.3, -0.25) is 4.79 Å². The summed E-state index contributed by atoms with van der Waals surface area (Å²) in [6.07, 6.45) is 8.32. The molecule has 0 atom stereocenters. The fraction of sp³-hybridized carbons (Fsp3) is 0.381. The van der Waals surface area contributed by atoms with Gasteiger partial charge in [0.15, 0.2) is 0 Å². The Hall–Kier alpha value is -2.24. The molecule has 6 heteroatoms. The van der Waals surface area contributed by atoms with Crippen LogP contribution in [0.3, 0.4) is 0 Å². The average Bonchev–Trinajstić information content (AvgIpc) is 3.33. The number of aromatic nitrogens is 2. The number of amides is 1. The standard InChI is InChI=1S/C21H24ClN3O2/c22-18-4-3-17-5-11-24(19(17)15-18)12-8-23-20(26)16-21(6-13-27-14-7-21)25-9-1-2-10-25/h1-5,9-11,15H,6-8,12-14,16H2,(H,23,26). The third-order valence-corrected chi connectivity index (χ3v) is 5.71. The van der Waals surface area contributed by atoms with E-state index in [1.165, 1.54) is 0 Å². The highest BCUT2D eigenvalue weighted by Crippen LogP contribution is 2.32. The van der Waals surface area contributed by atoms with Crippen molar-refractivity contribution < 1.29 is 9.53 Å². The van der Waals surface area contributed by atoms with Crippen molar-refractivity contribution in [2.75, 3.05) is 19.8 Å². The largest absolute Gasteiger partial charge is 0.381 e. The summed E-state index contributed by atoms with van der Waals surface area (Å²) in [6, 6.07) is 12.0. The normalized spacial score (nSPS) is 16.5. The van der Waals surface area contributed by atoms with Gasteiger partial charge in [-0.25, -0.2) is 0 Å². The van der Waals surface area contributed by atoms with Crippen molar-refractivity contribution in [3.05, 3.63) is 60.0 Å². The van der Waals surface area contributed by atoms with E-state index in [0.29, 0.717) is 26.2 Å². The van der Waals surface area contributed by atoms with Crippen LogP contribution in [-0.4, -0.2) is 34.8 Å². The summed E-state index contributed by atoms with van der Waals surface area (Å²) in [4.78, 5) is 12.7. The molecule has 0 saturated carbocycles. The summed E-state index contributed by atoms with van der Waals surface area (Å²) < 4.78 is 9.83. The zero-order valence-electron chi connectivity index (χ0n) is 15.2. The van der Waals surface area contributed by atoms with Crippen LogP contribution in [-0.2, 0) is 21.6 Å². The van der Waals surface area contributed by atoms with E-state index in [2.05, 4.69) is 20.5 Å². The number of nitrogens with one attached hydrogen (secondary N) is 1. The summed E-state index contributed by atoms with van der Waals surface area (Å²) in [5.41, 5.74) is 0.907. The number of ether oxygens (including phenoxy) is 1. The number of hydrogen-bond donors (Lipinski definition) is 1. The molecule has 1 aliphatic heterocycles. The summed E-state index contributed by atoms with van der Waals surface area (Å²) in [6.45, 7) is 2.70. The molecule has 4 rings (SSSR count). The first-order chi connectivity index (χ1) is 13.2. The molecule has 2 aromatic heterocycles. The van der Waals surface area contributed by atoms with Crippen LogP contribution in [0.5, 0.6) is 0 Å². The number of hydrogen-bond acceptors (Lipinski definition) is 2. The van der Waals surface area contributed by atoms with Crippen molar-refractivity contribution in [3.63, 3.8) is 0 Å². The van der Waals surface area contributed by atoms with Gasteiger partial charge in [-0.15, -0.1) is 0 Å². The number of carbonyl (C=O) groups is 1. The van der Waals surface area contributed by atoms with Crippen LogP contribution in [0.25, 0.3) is 10.9 Å². The lowest BCUT2D eigenvalue weighted by Crippen LogP contribution is -2.43. The first-order valence-electron chi connectivity index (χ1n) is 9.39. The topological polar surface area (TPSA) is 48.2 Å². The number of benzene rings is 1. The van der Waals surface area contributed by atoms with Gasteiger partial charge in [0.1, 0.15) is 0 Å². The molecule has 3 aromatic rings. The van der Waals surface area contributed by atoms with Crippen LogP contribution in [0.1, 0.15) is 19.3 Å². The summed E-state index contributed by atoms with van der Waals surface area (Å²) in [5, 5.41) is 4.96. The van der Waals surface area contributed by atoms with Crippen molar-refractivity contribution in [1.82, 2.24) is 14.5 Å². The van der Waals surface area contributed by atoms with Gasteiger partial charge >= 0.3 is 0 Å². The van der Waals surface area contributed by atoms with Crippen LogP contribution >= 0.6 is 11.6 Å². The lowest BCUT2D eigenvalue weighted by molar-refractivity contribution is -0.124. The second-order valence-corrected chi connectivity index (χ2v) is 7.60. The minimum atomic E-state index is -0.181. The first kappa shape index (κ1) is 18.1. The van der Waals surface area contributed by atoms with Gasteiger partial charge in [0.25, 0.3) is 0 Å². The molecule has 0 bridgehead atoms. The van der Waals surface area contributed by atoms with Crippen molar-refractivity contribution >= 4 is 28.4 Å². The molecule has 142 valence electrons. The molecule has 0 unspecified atom stereocenters. The Morgan fingerprint density at radius 3 is 2.70 bits per heavy atom. The molecule has 0 aliphatic carbocycles. The third-order valence-electron chi connectivity index (χ3n) is 5.48. The van der Waals surface area contributed by atoms with Crippen molar-refractivity contribution in [1.29, 1.82) is 0 Å². The molecule has 1 N–H and O–H groups in total. The summed E-state index contributed by atoms with van der Waals surface area (Å²) in [7, 11) is 0. The predicted molar refractivity (Wildman–Crippen MR) is 107 cm³/mol. The summed E-state index contributed by atoms with van der Waals surface area (Å²) >= 11 is 6.11. The van der Waals surface area contributed by atoms with Crippen molar-refractivity contribution in [3.8, 4) is 0 Å². The molecular weight excluding hydrogens is 362 g/mol. The highest BCUT2D eigenvalue weighted by Gasteiger charge is 2.35. The molecular formula is C21H24ClN3O2. The highest BCUT2D eigenvalue weighted by atomic mass is 35.5. The molecule has 3 heterocycles. The number of rotatable bonds is 6. The Labute approximate surface area is 163 Å². The number of carbonyl (C=O) groups excluding carboxylic acids is 1. The Balaban J connectivity index is 1.38. The average molecular weight is 386 g/mol. The Morgan fingerprint density at radius 2 is 1.93 bits per heavy atom. The van der Waals surface area contributed by atoms with E-state index in [4.69, 9.17) is 16.3 Å². The molecule has 1 aliphatic rings. The maximum atomic E-state index is 12.7. The third kappa shape index (κ3) is 3.89. The molecule has 1 fully saturated rings. The van der Waals surface area contributed by atoms with Gasteiger partial charge in [0.05, 0.1) is 12.0 Å². The predicted octanol–water partition coefficient (Wildman–Crippen LogP) is 3.81. The smallest absolute Gasteiger partial charge is 0.222 e. The second kappa shape index (κ2) is 7.79. The van der Waals surface area contributed by atoms with Gasteiger partial charge < -0.3 is 19.2 Å². The zero-order chi connectivity index (χ0) is 18.7. The lowest BCUT2D eigenvalue weighted by Gasteiger charge is -2.38. The van der Waals surface area contributed by atoms with Crippen molar-refractivity contribution in [2.24, 2.45) is 0 Å². The molecule has 0 spiro atoms. The quantitative estimate of drug-likeness (QED) is 0.701. The Morgan fingerprint density at radius 1 is 1.15 bits per heavy atom. The van der Waals surface area contributed by atoms with Gasteiger partial charge in [-0.2, -0.15) is 0 Å². The van der Waals surface area contributed by atoms with E-state index >= 15 is 0 Å². The summed E-state index contributed by atoms with van der Waals surface area (Å²) in [5.74, 6) is 0.0834. The van der Waals surface area contributed by atoms with Gasteiger partial charge in [-0.05, 0) is 48.6 Å². The van der Waals surface area contributed by atoms with E-state index in [0.717, 1.165) is 35.3 Å². The van der Waals surface area contributed by atoms with E-state index in [-0.39, 0.29) is 11.4 Å². The molecule has 1 saturated heterocycles. The molecule has 1 amide bonds. The SMILES string of the molecule is O=C(CC1(n2cccc2)CCOCC1)NCCn1ccc2ccc(Cl)cc21. The molecule has 1 aromatic carbocycles. The fourth-order valence-corrected chi connectivity index (χ4v) is 4.12. The maximum Gasteiger partial charge on any atom is 0.222 e. The van der Waals surface area contributed by atoms with Gasteiger partial charge in [-0.1, -0.05) is 17.7 Å². The minimum absolute atomic E-state index is 0.0834. The monoisotopic (exact) mass is 385 g/mol. The molecule has 0 radical (unpaired) electrons. The Kier molecular flexibility index (Phi) is 5.23. The van der Waals surface area contributed by atoms with Crippen LogP contribution in [0.15, 0.2) is 55.0 Å². The van der Waals surface area contributed by atoms with Crippen LogP contribution < -0.4 is 5.32 Å². The van der Waals surface area contributed by atoms with E-state index in [9.17, 15) is 4.79 Å². The maximum absolute atomic E-state index is 12.7. The Bertz CT molecular complexity index is 911. The number of halogens is 1. The minimum Gasteiger partial charge on any atom is -0.381 e. The van der Waals surface area contributed by atoms with E-state index in [1.54, 1.807) is 0 Å². The van der Waals surface area contributed by atoms with E-state index < -0.39 is 0 Å². The lowest BCUT2D eigenvalue weighted by atomic mass is 9.86. The molecule has 5 nitrogen and oxygen atoms in total. The van der Waals surface area contributed by atoms with E-state index in [1.807, 2.05) is 48.9 Å². The van der Waals surface area contributed by atoms with Crippen LogP contribution in [0.4, 0.5) is 0 Å². The van der Waals surface area contributed by atoms with Crippen LogP contribution in [0, 0.1) is 0 Å². The zero-order valence-corrected chi connectivity index (χ0v) is 16.0. The number of fused-ring (bicyclic) bond motifs is 1. The highest BCUT2D eigenvalue weighted by molar-refractivity contribution is 6.31. The van der Waals surface area contributed by atoms with Gasteiger partial charge in [0, 0.05) is 55.4 Å². The van der Waals surface area contributed by atoms with Crippen LogP contribution in [0.2, 0.25) is 5.02 Å². The first-order valence-corrected chi connectivity index (χ1v) is 9.76. The molecule has 27 heavy (non-hydrogen) atoms. The van der Waals surface area contributed by atoms with Crippen molar-refractivity contribution in [2.45, 2.75) is 31.3 Å². The fourth-order valence-electron chi connectivity index (χ4n) is 3.96.